The molecule has 1 saturated carbocycles. The summed E-state index contributed by atoms with van der Waals surface area (Å²) in [6, 6.07) is -0.0680. The molecule has 1 saturated heterocycles. The van der Waals surface area contributed by atoms with E-state index in [-0.39, 0.29) is 36.2 Å². The minimum atomic E-state index is -0.0680. The fourth-order valence-corrected chi connectivity index (χ4v) is 3.91. The van der Waals surface area contributed by atoms with E-state index >= 15 is 0 Å². The molecule has 1 aliphatic heterocycles. The first-order chi connectivity index (χ1) is 11.1. The van der Waals surface area contributed by atoms with Crippen LogP contribution in [-0.4, -0.2) is 49.4 Å². The van der Waals surface area contributed by atoms with Gasteiger partial charge in [0.1, 0.15) is 0 Å². The molecule has 2 aliphatic rings. The van der Waals surface area contributed by atoms with Crippen molar-refractivity contribution >= 4 is 24.2 Å². The number of hydrogen-bond donors (Lipinski definition) is 2. The van der Waals surface area contributed by atoms with Crippen LogP contribution >= 0.6 is 12.4 Å². The largest absolute Gasteiger partial charge is 0.353 e. The third-order valence-electron chi connectivity index (χ3n) is 5.21. The Morgan fingerprint density at radius 1 is 1.12 bits per heavy atom. The fraction of sp³-hybridized carbons (Fsp3) is 0.889. The second-order valence-electron chi connectivity index (χ2n) is 7.35. The van der Waals surface area contributed by atoms with E-state index in [2.05, 4.69) is 10.6 Å². The summed E-state index contributed by atoms with van der Waals surface area (Å²) in [5.74, 6) is 1.06. The van der Waals surface area contributed by atoms with Crippen LogP contribution in [0.4, 0.5) is 0 Å². The maximum Gasteiger partial charge on any atom is 0.224 e. The molecule has 0 radical (unpaired) electrons. The predicted octanol–water partition coefficient (Wildman–Crippen LogP) is 2.34. The number of amides is 2. The number of carbonyl (C=O) groups is 2. The van der Waals surface area contributed by atoms with Gasteiger partial charge < -0.3 is 15.5 Å². The molecule has 140 valence electrons. The van der Waals surface area contributed by atoms with Crippen molar-refractivity contribution in [3.8, 4) is 0 Å². The summed E-state index contributed by atoms with van der Waals surface area (Å²) >= 11 is 0. The minimum absolute atomic E-state index is 0. The van der Waals surface area contributed by atoms with Crippen molar-refractivity contribution in [1.29, 1.82) is 0 Å². The molecule has 1 heterocycles. The number of likely N-dealkylation sites (tertiary alicyclic amines) is 1. The highest BCUT2D eigenvalue weighted by Gasteiger charge is 2.26. The van der Waals surface area contributed by atoms with Gasteiger partial charge in [-0.3, -0.25) is 9.59 Å². The average molecular weight is 360 g/mol. The molecule has 1 aliphatic carbocycles. The van der Waals surface area contributed by atoms with E-state index in [9.17, 15) is 9.59 Å². The Balaban J connectivity index is 0.00000288. The SMILES string of the molecule is CNCC1CCCN(C(=O)CC(C)NC(=O)C2CCCCC2)C1.Cl. The van der Waals surface area contributed by atoms with Gasteiger partial charge in [0.05, 0.1) is 0 Å². The number of hydrogen-bond acceptors (Lipinski definition) is 3. The Morgan fingerprint density at radius 2 is 1.83 bits per heavy atom. The van der Waals surface area contributed by atoms with Gasteiger partial charge in [0.25, 0.3) is 0 Å². The summed E-state index contributed by atoms with van der Waals surface area (Å²) in [7, 11) is 1.96. The minimum Gasteiger partial charge on any atom is -0.353 e. The third-order valence-corrected chi connectivity index (χ3v) is 5.21. The van der Waals surface area contributed by atoms with Crippen LogP contribution in [0.1, 0.15) is 58.3 Å². The first-order valence-corrected chi connectivity index (χ1v) is 9.33. The van der Waals surface area contributed by atoms with Gasteiger partial charge in [-0.15, -0.1) is 12.4 Å². The van der Waals surface area contributed by atoms with E-state index in [0.29, 0.717) is 12.3 Å². The molecule has 0 aromatic carbocycles. The molecule has 0 aromatic heterocycles. The maximum absolute atomic E-state index is 12.5. The van der Waals surface area contributed by atoms with Crippen LogP contribution in [0, 0.1) is 11.8 Å². The van der Waals surface area contributed by atoms with E-state index in [1.165, 1.54) is 12.8 Å². The lowest BCUT2D eigenvalue weighted by Crippen LogP contribution is -2.45. The summed E-state index contributed by atoms with van der Waals surface area (Å²) in [5, 5.41) is 6.26. The lowest BCUT2D eigenvalue weighted by atomic mass is 9.88. The molecule has 0 bridgehead atoms. The van der Waals surface area contributed by atoms with Gasteiger partial charge >= 0.3 is 0 Å². The van der Waals surface area contributed by atoms with Crippen molar-refractivity contribution in [2.45, 2.75) is 64.3 Å². The van der Waals surface area contributed by atoms with Gasteiger partial charge in [0.15, 0.2) is 0 Å². The molecule has 2 rings (SSSR count). The first kappa shape index (κ1) is 21.2. The predicted molar refractivity (Wildman–Crippen MR) is 99.3 cm³/mol. The number of rotatable bonds is 6. The molecule has 2 unspecified atom stereocenters. The number of halogens is 1. The van der Waals surface area contributed by atoms with Crippen molar-refractivity contribution < 1.29 is 9.59 Å². The van der Waals surface area contributed by atoms with Crippen LogP contribution in [0.3, 0.4) is 0 Å². The first-order valence-electron chi connectivity index (χ1n) is 9.33. The van der Waals surface area contributed by atoms with Gasteiger partial charge in [-0.05, 0) is 52.1 Å². The fourth-order valence-electron chi connectivity index (χ4n) is 3.91. The number of piperidine rings is 1. The van der Waals surface area contributed by atoms with Crippen molar-refractivity contribution in [1.82, 2.24) is 15.5 Å². The monoisotopic (exact) mass is 359 g/mol. The van der Waals surface area contributed by atoms with E-state index in [1.54, 1.807) is 0 Å². The summed E-state index contributed by atoms with van der Waals surface area (Å²) in [4.78, 5) is 26.7. The third kappa shape index (κ3) is 6.60. The van der Waals surface area contributed by atoms with Crippen molar-refractivity contribution in [2.75, 3.05) is 26.7 Å². The van der Waals surface area contributed by atoms with Crippen LogP contribution in [0.25, 0.3) is 0 Å². The standard InChI is InChI=1S/C18H33N3O2.ClH/c1-14(20-18(23)16-8-4-3-5-9-16)11-17(22)21-10-6-7-15(13-21)12-19-2;/h14-16,19H,3-13H2,1-2H3,(H,20,23);1H. The molecule has 2 amide bonds. The highest BCUT2D eigenvalue weighted by atomic mass is 35.5. The smallest absolute Gasteiger partial charge is 0.224 e. The summed E-state index contributed by atoms with van der Waals surface area (Å²) in [6.07, 6.45) is 8.28. The quantitative estimate of drug-likeness (QED) is 0.765. The lowest BCUT2D eigenvalue weighted by Gasteiger charge is -2.33. The Labute approximate surface area is 152 Å². The molecular formula is C18H34ClN3O2. The highest BCUT2D eigenvalue weighted by molar-refractivity contribution is 5.85. The Bertz CT molecular complexity index is 398. The molecule has 0 aromatic rings. The maximum atomic E-state index is 12.5. The molecule has 2 atom stereocenters. The van der Waals surface area contributed by atoms with Gasteiger partial charge in [-0.1, -0.05) is 19.3 Å². The molecule has 2 fully saturated rings. The van der Waals surface area contributed by atoms with Gasteiger partial charge in [-0.2, -0.15) is 0 Å². The molecule has 0 spiro atoms. The van der Waals surface area contributed by atoms with E-state index in [0.717, 1.165) is 51.7 Å². The summed E-state index contributed by atoms with van der Waals surface area (Å²) < 4.78 is 0. The van der Waals surface area contributed by atoms with Crippen molar-refractivity contribution in [3.05, 3.63) is 0 Å². The molecule has 2 N–H and O–H groups in total. The van der Waals surface area contributed by atoms with Gasteiger partial charge in [-0.25, -0.2) is 0 Å². The number of nitrogens with one attached hydrogen (secondary N) is 2. The van der Waals surface area contributed by atoms with Crippen LogP contribution in [0.2, 0.25) is 0 Å². The molecule has 5 nitrogen and oxygen atoms in total. The lowest BCUT2D eigenvalue weighted by molar-refractivity contribution is -0.134. The van der Waals surface area contributed by atoms with Crippen LogP contribution < -0.4 is 10.6 Å². The molecular weight excluding hydrogens is 326 g/mol. The van der Waals surface area contributed by atoms with E-state index in [1.807, 2.05) is 18.9 Å². The zero-order valence-electron chi connectivity index (χ0n) is 15.2. The number of carbonyl (C=O) groups excluding carboxylic acids is 2. The number of nitrogens with zero attached hydrogens (tertiary/aromatic N) is 1. The normalized spacial score (nSPS) is 23.2. The molecule has 6 heteroatoms. The second-order valence-corrected chi connectivity index (χ2v) is 7.35. The Kier molecular flexibility index (Phi) is 9.67. The van der Waals surface area contributed by atoms with Crippen LogP contribution in [0.5, 0.6) is 0 Å². The van der Waals surface area contributed by atoms with Crippen molar-refractivity contribution in [2.24, 2.45) is 11.8 Å². The zero-order valence-corrected chi connectivity index (χ0v) is 16.0. The van der Waals surface area contributed by atoms with Gasteiger partial charge in [0.2, 0.25) is 11.8 Å². The zero-order chi connectivity index (χ0) is 16.7. The Morgan fingerprint density at radius 3 is 2.50 bits per heavy atom. The topological polar surface area (TPSA) is 61.4 Å². The molecule has 24 heavy (non-hydrogen) atoms. The summed E-state index contributed by atoms with van der Waals surface area (Å²) in [5.41, 5.74) is 0. The van der Waals surface area contributed by atoms with E-state index in [4.69, 9.17) is 0 Å². The van der Waals surface area contributed by atoms with Gasteiger partial charge in [0, 0.05) is 31.5 Å². The second kappa shape index (κ2) is 10.9. The van der Waals surface area contributed by atoms with Crippen molar-refractivity contribution in [3.63, 3.8) is 0 Å². The highest BCUT2D eigenvalue weighted by Crippen LogP contribution is 2.24. The summed E-state index contributed by atoms with van der Waals surface area (Å²) in [6.45, 7) is 4.64. The van der Waals surface area contributed by atoms with Crippen LogP contribution in [0.15, 0.2) is 0 Å². The van der Waals surface area contributed by atoms with Crippen LogP contribution in [-0.2, 0) is 9.59 Å². The average Bonchev–Trinajstić information content (AvgIpc) is 2.56. The Hall–Kier alpha value is -0.810. The van der Waals surface area contributed by atoms with E-state index < -0.39 is 0 Å².